The molecule has 1 heterocycles. The van der Waals surface area contributed by atoms with Crippen molar-refractivity contribution in [3.8, 4) is 0 Å². The molecule has 4 amide bonds. The van der Waals surface area contributed by atoms with Crippen molar-refractivity contribution in [2.45, 2.75) is 19.4 Å². The molecule has 0 radical (unpaired) electrons. The van der Waals surface area contributed by atoms with E-state index in [1.165, 1.54) is 0 Å². The average molecular weight is 337 g/mol. The second kappa shape index (κ2) is 6.39. The van der Waals surface area contributed by atoms with Gasteiger partial charge in [-0.2, -0.15) is 0 Å². The van der Waals surface area contributed by atoms with Crippen LogP contribution < -0.4 is 10.6 Å². The van der Waals surface area contributed by atoms with Gasteiger partial charge in [-0.1, -0.05) is 48.5 Å². The van der Waals surface area contributed by atoms with Crippen molar-refractivity contribution >= 4 is 23.5 Å². The Hall–Kier alpha value is -3.15. The van der Waals surface area contributed by atoms with Crippen LogP contribution in [0.2, 0.25) is 0 Å². The Bertz CT molecular complexity index is 835. The van der Waals surface area contributed by atoms with Crippen LogP contribution in [0.1, 0.15) is 18.1 Å². The smallest absolute Gasteiger partial charge is 0.324 e. The average Bonchev–Trinajstić information content (AvgIpc) is 2.82. The molecule has 0 saturated carbocycles. The third-order valence-corrected chi connectivity index (χ3v) is 4.35. The highest BCUT2D eigenvalue weighted by atomic mass is 16.2. The van der Waals surface area contributed by atoms with Gasteiger partial charge in [-0.25, -0.2) is 4.79 Å². The van der Waals surface area contributed by atoms with Gasteiger partial charge in [-0.15, -0.1) is 0 Å². The molecule has 1 atom stereocenters. The zero-order chi connectivity index (χ0) is 18.0. The lowest BCUT2D eigenvalue weighted by atomic mass is 9.92. The monoisotopic (exact) mass is 337 g/mol. The predicted octanol–water partition coefficient (Wildman–Crippen LogP) is 2.40. The van der Waals surface area contributed by atoms with E-state index >= 15 is 0 Å². The van der Waals surface area contributed by atoms with Crippen LogP contribution in [0.3, 0.4) is 0 Å². The van der Waals surface area contributed by atoms with Crippen molar-refractivity contribution < 1.29 is 14.4 Å². The Morgan fingerprint density at radius 2 is 1.72 bits per heavy atom. The molecule has 0 unspecified atom stereocenters. The Balaban J connectivity index is 1.75. The lowest BCUT2D eigenvalue weighted by molar-refractivity contribution is -0.133. The summed E-state index contributed by atoms with van der Waals surface area (Å²) in [4.78, 5) is 38.2. The summed E-state index contributed by atoms with van der Waals surface area (Å²) in [5.74, 6) is -0.862. The zero-order valence-corrected chi connectivity index (χ0v) is 14.1. The molecular weight excluding hydrogens is 318 g/mol. The topological polar surface area (TPSA) is 78.5 Å². The van der Waals surface area contributed by atoms with Crippen LogP contribution in [0.5, 0.6) is 0 Å². The number of hydrogen-bond donors (Lipinski definition) is 2. The molecule has 2 N–H and O–H groups in total. The van der Waals surface area contributed by atoms with E-state index in [1.807, 2.05) is 31.2 Å². The molecule has 6 nitrogen and oxygen atoms in total. The van der Waals surface area contributed by atoms with Gasteiger partial charge >= 0.3 is 6.03 Å². The maximum absolute atomic E-state index is 12.8. The Morgan fingerprint density at radius 1 is 1.08 bits per heavy atom. The summed E-state index contributed by atoms with van der Waals surface area (Å²) in [7, 11) is 0. The summed E-state index contributed by atoms with van der Waals surface area (Å²) in [6.07, 6.45) is 0. The van der Waals surface area contributed by atoms with Crippen molar-refractivity contribution in [2.75, 3.05) is 11.9 Å². The van der Waals surface area contributed by atoms with Gasteiger partial charge in [0.1, 0.15) is 12.1 Å². The number of hydrogen-bond acceptors (Lipinski definition) is 3. The molecule has 0 aromatic heterocycles. The molecule has 0 spiro atoms. The molecule has 0 aliphatic carbocycles. The van der Waals surface area contributed by atoms with E-state index in [9.17, 15) is 14.4 Å². The van der Waals surface area contributed by atoms with Crippen molar-refractivity contribution in [1.82, 2.24) is 10.2 Å². The predicted molar refractivity (Wildman–Crippen MR) is 93.8 cm³/mol. The molecule has 128 valence electrons. The fourth-order valence-electron chi connectivity index (χ4n) is 2.85. The molecule has 1 aliphatic heterocycles. The lowest BCUT2D eigenvalue weighted by Crippen LogP contribution is -2.42. The second-order valence-corrected chi connectivity index (χ2v) is 6.18. The lowest BCUT2D eigenvalue weighted by Gasteiger charge is -2.22. The molecule has 2 aromatic rings. The number of aryl methyl sites for hydroxylation is 1. The number of amides is 4. The first-order valence-electron chi connectivity index (χ1n) is 7.97. The summed E-state index contributed by atoms with van der Waals surface area (Å²) in [6, 6.07) is 15.7. The Kier molecular flexibility index (Phi) is 4.27. The molecule has 2 aromatic carbocycles. The highest BCUT2D eigenvalue weighted by molar-refractivity contribution is 6.10. The number of carbonyl (C=O) groups excluding carboxylic acids is 3. The number of para-hydroxylation sites is 1. The van der Waals surface area contributed by atoms with E-state index in [0.29, 0.717) is 11.3 Å². The number of nitrogens with zero attached hydrogens (tertiary/aromatic N) is 1. The third-order valence-electron chi connectivity index (χ3n) is 4.35. The minimum atomic E-state index is -1.17. The van der Waals surface area contributed by atoms with Crippen LogP contribution in [0.15, 0.2) is 54.6 Å². The number of rotatable bonds is 4. The van der Waals surface area contributed by atoms with E-state index in [0.717, 1.165) is 10.5 Å². The molecule has 1 aliphatic rings. The van der Waals surface area contributed by atoms with Gasteiger partial charge in [-0.3, -0.25) is 14.5 Å². The summed E-state index contributed by atoms with van der Waals surface area (Å²) in [5.41, 5.74) is 1.07. The normalized spacial score (nSPS) is 19.7. The molecule has 3 rings (SSSR count). The van der Waals surface area contributed by atoms with Crippen molar-refractivity contribution in [2.24, 2.45) is 0 Å². The van der Waals surface area contributed by atoms with Crippen LogP contribution in [-0.4, -0.2) is 29.3 Å². The van der Waals surface area contributed by atoms with E-state index in [2.05, 4.69) is 10.6 Å². The van der Waals surface area contributed by atoms with Crippen LogP contribution in [0.4, 0.5) is 10.5 Å². The van der Waals surface area contributed by atoms with Crippen LogP contribution in [-0.2, 0) is 15.1 Å². The van der Waals surface area contributed by atoms with Crippen molar-refractivity contribution in [3.05, 3.63) is 65.7 Å². The van der Waals surface area contributed by atoms with Crippen LogP contribution in [0.25, 0.3) is 0 Å². The fourth-order valence-corrected chi connectivity index (χ4v) is 2.85. The number of anilines is 1. The van der Waals surface area contributed by atoms with E-state index in [1.54, 1.807) is 37.3 Å². The van der Waals surface area contributed by atoms with Gasteiger partial charge in [0.25, 0.3) is 5.91 Å². The standard InChI is InChI=1S/C19H19N3O3/c1-13-8-6-7-11-15(13)20-16(23)12-22-17(24)19(2,21-18(22)25)14-9-4-3-5-10-14/h3-11H,12H2,1-2H3,(H,20,23)(H,21,25)/t19-/m0/s1. The largest absolute Gasteiger partial charge is 0.325 e. The summed E-state index contributed by atoms with van der Waals surface area (Å²) in [6.45, 7) is 3.18. The van der Waals surface area contributed by atoms with Gasteiger partial charge in [-0.05, 0) is 31.0 Å². The third kappa shape index (κ3) is 3.10. The highest BCUT2D eigenvalue weighted by Crippen LogP contribution is 2.28. The first-order valence-corrected chi connectivity index (χ1v) is 7.97. The Morgan fingerprint density at radius 3 is 2.40 bits per heavy atom. The fraction of sp³-hybridized carbons (Fsp3) is 0.211. The van der Waals surface area contributed by atoms with Gasteiger partial charge in [0.15, 0.2) is 0 Å². The number of imide groups is 1. The number of urea groups is 1. The van der Waals surface area contributed by atoms with Crippen LogP contribution in [0, 0.1) is 6.92 Å². The highest BCUT2D eigenvalue weighted by Gasteiger charge is 2.49. The van der Waals surface area contributed by atoms with Gasteiger partial charge < -0.3 is 10.6 Å². The van der Waals surface area contributed by atoms with Gasteiger partial charge in [0.05, 0.1) is 0 Å². The maximum Gasteiger partial charge on any atom is 0.325 e. The minimum absolute atomic E-state index is 0.332. The molecular formula is C19H19N3O3. The first-order chi connectivity index (χ1) is 11.9. The SMILES string of the molecule is Cc1ccccc1NC(=O)CN1C(=O)N[C@@](C)(c2ccccc2)C1=O. The van der Waals surface area contributed by atoms with E-state index < -0.39 is 23.4 Å². The quantitative estimate of drug-likeness (QED) is 0.841. The van der Waals surface area contributed by atoms with Crippen molar-refractivity contribution in [3.63, 3.8) is 0 Å². The molecule has 0 bridgehead atoms. The molecule has 1 saturated heterocycles. The summed E-state index contributed by atoms with van der Waals surface area (Å²) >= 11 is 0. The summed E-state index contributed by atoms with van der Waals surface area (Å²) < 4.78 is 0. The van der Waals surface area contributed by atoms with Gasteiger partial charge in [0, 0.05) is 5.69 Å². The van der Waals surface area contributed by atoms with Crippen molar-refractivity contribution in [1.29, 1.82) is 0 Å². The van der Waals surface area contributed by atoms with Crippen LogP contribution >= 0.6 is 0 Å². The number of nitrogens with one attached hydrogen (secondary N) is 2. The van der Waals surface area contributed by atoms with Gasteiger partial charge in [0.2, 0.25) is 5.91 Å². The summed E-state index contributed by atoms with van der Waals surface area (Å²) in [5, 5.41) is 5.42. The maximum atomic E-state index is 12.8. The van der Waals surface area contributed by atoms with E-state index in [4.69, 9.17) is 0 Å². The number of carbonyl (C=O) groups is 3. The minimum Gasteiger partial charge on any atom is -0.324 e. The number of benzene rings is 2. The Labute approximate surface area is 145 Å². The van der Waals surface area contributed by atoms with E-state index in [-0.39, 0.29) is 6.54 Å². The molecule has 1 fully saturated rings. The first kappa shape index (κ1) is 16.7. The molecule has 6 heteroatoms. The second-order valence-electron chi connectivity index (χ2n) is 6.18. The molecule has 25 heavy (non-hydrogen) atoms. The zero-order valence-electron chi connectivity index (χ0n) is 14.1.